The molecule has 6 heteroatoms. The van der Waals surface area contributed by atoms with Gasteiger partial charge in [-0.3, -0.25) is 9.59 Å². The maximum Gasteiger partial charge on any atom is 0.312 e. The Hall–Kier alpha value is -2.89. The van der Waals surface area contributed by atoms with Crippen LogP contribution in [0.25, 0.3) is 0 Å². The number of amides is 1. The Labute approximate surface area is 145 Å². The molecule has 0 aromatic heterocycles. The minimum Gasteiger partial charge on any atom is -0.483 e. The van der Waals surface area contributed by atoms with E-state index in [0.717, 1.165) is 11.1 Å². The Balaban J connectivity index is 1.93. The number of rotatable bonds is 7. The fourth-order valence-corrected chi connectivity index (χ4v) is 2.47. The van der Waals surface area contributed by atoms with E-state index >= 15 is 0 Å². The molecule has 2 rings (SSSR count). The summed E-state index contributed by atoms with van der Waals surface area (Å²) in [7, 11) is 0. The third-order valence-corrected chi connectivity index (χ3v) is 3.83. The highest BCUT2D eigenvalue weighted by Crippen LogP contribution is 2.22. The van der Waals surface area contributed by atoms with Gasteiger partial charge in [0.2, 0.25) is 0 Å². The SMILES string of the molecule is Cc1cccc(C)c1OCC(=O)NCC(C(=O)O)c1ccc(F)cc1. The number of carbonyl (C=O) groups is 2. The molecule has 0 aliphatic heterocycles. The number of aliphatic carboxylic acids is 1. The summed E-state index contributed by atoms with van der Waals surface area (Å²) < 4.78 is 18.5. The molecule has 5 nitrogen and oxygen atoms in total. The van der Waals surface area contributed by atoms with Gasteiger partial charge in [0.1, 0.15) is 11.6 Å². The summed E-state index contributed by atoms with van der Waals surface area (Å²) in [5, 5.41) is 11.9. The fraction of sp³-hybridized carbons (Fsp3) is 0.263. The fourth-order valence-electron chi connectivity index (χ4n) is 2.47. The van der Waals surface area contributed by atoms with Crippen LogP contribution in [-0.2, 0) is 9.59 Å². The predicted molar refractivity (Wildman–Crippen MR) is 91.2 cm³/mol. The lowest BCUT2D eigenvalue weighted by molar-refractivity contribution is -0.138. The van der Waals surface area contributed by atoms with Crippen LogP contribution in [0.15, 0.2) is 42.5 Å². The van der Waals surface area contributed by atoms with Crippen molar-refractivity contribution < 1.29 is 23.8 Å². The van der Waals surface area contributed by atoms with Crippen molar-refractivity contribution in [3.63, 3.8) is 0 Å². The van der Waals surface area contributed by atoms with Gasteiger partial charge in [0.25, 0.3) is 5.91 Å². The highest BCUT2D eigenvalue weighted by atomic mass is 19.1. The second-order valence-corrected chi connectivity index (χ2v) is 5.76. The number of ether oxygens (including phenoxy) is 1. The topological polar surface area (TPSA) is 75.6 Å². The summed E-state index contributed by atoms with van der Waals surface area (Å²) in [4.78, 5) is 23.4. The number of hydrogen-bond acceptors (Lipinski definition) is 3. The first-order valence-electron chi connectivity index (χ1n) is 7.82. The van der Waals surface area contributed by atoms with Crippen molar-refractivity contribution in [2.24, 2.45) is 0 Å². The molecular formula is C19H20FNO4. The van der Waals surface area contributed by atoms with Gasteiger partial charge in [-0.2, -0.15) is 0 Å². The summed E-state index contributed by atoms with van der Waals surface area (Å²) in [6.07, 6.45) is 0. The van der Waals surface area contributed by atoms with E-state index in [4.69, 9.17) is 4.74 Å². The van der Waals surface area contributed by atoms with Crippen LogP contribution in [0, 0.1) is 19.7 Å². The number of nitrogens with one attached hydrogen (secondary N) is 1. The van der Waals surface area contributed by atoms with E-state index in [1.165, 1.54) is 24.3 Å². The quantitative estimate of drug-likeness (QED) is 0.809. The molecule has 0 saturated carbocycles. The maximum atomic E-state index is 13.0. The van der Waals surface area contributed by atoms with Crippen LogP contribution in [0.3, 0.4) is 0 Å². The normalized spacial score (nSPS) is 11.6. The summed E-state index contributed by atoms with van der Waals surface area (Å²) in [6.45, 7) is 3.46. The molecule has 0 radical (unpaired) electrons. The largest absolute Gasteiger partial charge is 0.483 e. The number of carboxylic acids is 1. The molecule has 1 unspecified atom stereocenters. The zero-order chi connectivity index (χ0) is 18.4. The molecule has 0 spiro atoms. The van der Waals surface area contributed by atoms with Gasteiger partial charge in [-0.05, 0) is 42.7 Å². The first kappa shape index (κ1) is 18.4. The first-order valence-corrected chi connectivity index (χ1v) is 7.82. The number of carboxylic acid groups (broad SMARTS) is 1. The van der Waals surface area contributed by atoms with Gasteiger partial charge >= 0.3 is 5.97 Å². The van der Waals surface area contributed by atoms with Crippen molar-refractivity contribution >= 4 is 11.9 Å². The number of carbonyl (C=O) groups excluding carboxylic acids is 1. The zero-order valence-electron chi connectivity index (χ0n) is 14.1. The molecule has 2 aromatic rings. The van der Waals surface area contributed by atoms with Gasteiger partial charge in [0.05, 0.1) is 5.92 Å². The van der Waals surface area contributed by atoms with Crippen molar-refractivity contribution in [1.29, 1.82) is 0 Å². The van der Waals surface area contributed by atoms with E-state index in [-0.39, 0.29) is 13.2 Å². The van der Waals surface area contributed by atoms with Gasteiger partial charge in [0, 0.05) is 6.54 Å². The molecule has 2 N–H and O–H groups in total. The lowest BCUT2D eigenvalue weighted by Crippen LogP contribution is -2.34. The van der Waals surface area contributed by atoms with Crippen molar-refractivity contribution in [3.05, 3.63) is 65.0 Å². The molecule has 1 atom stereocenters. The summed E-state index contributed by atoms with van der Waals surface area (Å²) in [5.74, 6) is -2.27. The third kappa shape index (κ3) is 5.04. The lowest BCUT2D eigenvalue weighted by atomic mass is 9.99. The Morgan fingerprint density at radius 2 is 1.72 bits per heavy atom. The maximum absolute atomic E-state index is 13.0. The number of halogens is 1. The smallest absolute Gasteiger partial charge is 0.312 e. The zero-order valence-corrected chi connectivity index (χ0v) is 14.1. The van der Waals surface area contributed by atoms with Crippen LogP contribution >= 0.6 is 0 Å². The first-order chi connectivity index (χ1) is 11.9. The number of para-hydroxylation sites is 1. The molecule has 25 heavy (non-hydrogen) atoms. The molecule has 132 valence electrons. The second-order valence-electron chi connectivity index (χ2n) is 5.76. The lowest BCUT2D eigenvalue weighted by Gasteiger charge is -2.15. The highest BCUT2D eigenvalue weighted by molar-refractivity contribution is 5.80. The summed E-state index contributed by atoms with van der Waals surface area (Å²) in [5.41, 5.74) is 2.26. The van der Waals surface area contributed by atoms with Gasteiger partial charge in [-0.25, -0.2) is 4.39 Å². The molecular weight excluding hydrogens is 325 g/mol. The van der Waals surface area contributed by atoms with Crippen LogP contribution in [0.2, 0.25) is 0 Å². The Bertz CT molecular complexity index is 738. The molecule has 1 amide bonds. The Kier molecular flexibility index (Phi) is 6.11. The van der Waals surface area contributed by atoms with E-state index < -0.39 is 23.6 Å². The van der Waals surface area contributed by atoms with Crippen molar-refractivity contribution in [2.45, 2.75) is 19.8 Å². The van der Waals surface area contributed by atoms with Crippen LogP contribution in [0.5, 0.6) is 5.75 Å². The van der Waals surface area contributed by atoms with Crippen LogP contribution in [-0.4, -0.2) is 30.1 Å². The average Bonchev–Trinajstić information content (AvgIpc) is 2.56. The molecule has 2 aromatic carbocycles. The van der Waals surface area contributed by atoms with E-state index in [9.17, 15) is 19.1 Å². The minimum atomic E-state index is -1.09. The van der Waals surface area contributed by atoms with Crippen molar-refractivity contribution in [3.8, 4) is 5.75 Å². The minimum absolute atomic E-state index is 0.101. The molecule has 0 heterocycles. The van der Waals surface area contributed by atoms with Gasteiger partial charge < -0.3 is 15.2 Å². The molecule has 0 saturated heterocycles. The van der Waals surface area contributed by atoms with Gasteiger partial charge in [-0.15, -0.1) is 0 Å². The van der Waals surface area contributed by atoms with E-state index in [1.54, 1.807) is 0 Å². The molecule has 0 aliphatic carbocycles. The monoisotopic (exact) mass is 345 g/mol. The Morgan fingerprint density at radius 1 is 1.12 bits per heavy atom. The van der Waals surface area contributed by atoms with E-state index in [0.29, 0.717) is 11.3 Å². The average molecular weight is 345 g/mol. The standard InChI is InChI=1S/C19H20FNO4/c1-12-4-3-5-13(2)18(12)25-11-17(22)21-10-16(19(23)24)14-6-8-15(20)9-7-14/h3-9,16H,10-11H2,1-2H3,(H,21,22)(H,23,24). The Morgan fingerprint density at radius 3 is 2.28 bits per heavy atom. The summed E-state index contributed by atoms with van der Waals surface area (Å²) >= 11 is 0. The van der Waals surface area contributed by atoms with Crippen molar-refractivity contribution in [1.82, 2.24) is 5.32 Å². The summed E-state index contributed by atoms with van der Waals surface area (Å²) in [6, 6.07) is 10.8. The van der Waals surface area contributed by atoms with Crippen LogP contribution in [0.4, 0.5) is 4.39 Å². The van der Waals surface area contributed by atoms with E-state index in [2.05, 4.69) is 5.32 Å². The van der Waals surface area contributed by atoms with E-state index in [1.807, 2.05) is 32.0 Å². The third-order valence-electron chi connectivity index (χ3n) is 3.83. The van der Waals surface area contributed by atoms with Crippen LogP contribution < -0.4 is 10.1 Å². The number of aryl methyl sites for hydroxylation is 2. The van der Waals surface area contributed by atoms with Gasteiger partial charge in [0.15, 0.2) is 6.61 Å². The highest BCUT2D eigenvalue weighted by Gasteiger charge is 2.21. The van der Waals surface area contributed by atoms with Gasteiger partial charge in [-0.1, -0.05) is 30.3 Å². The predicted octanol–water partition coefficient (Wildman–Crippen LogP) is 2.81. The van der Waals surface area contributed by atoms with Crippen molar-refractivity contribution in [2.75, 3.05) is 13.2 Å². The molecule has 0 aliphatic rings. The number of hydrogen-bond donors (Lipinski definition) is 2. The molecule has 0 bridgehead atoms. The second kappa shape index (κ2) is 8.28. The van der Waals surface area contributed by atoms with Crippen LogP contribution in [0.1, 0.15) is 22.6 Å². The number of benzene rings is 2. The molecule has 0 fully saturated rings.